The van der Waals surface area contributed by atoms with Crippen LogP contribution < -0.4 is 10.2 Å². The molecule has 6 rings (SSSR count). The summed E-state index contributed by atoms with van der Waals surface area (Å²) in [6, 6.07) is 15.6. The molecule has 1 unspecified atom stereocenters. The lowest BCUT2D eigenvalue weighted by Gasteiger charge is -2.25. The van der Waals surface area contributed by atoms with Gasteiger partial charge in [0.05, 0.1) is 12.4 Å². The lowest BCUT2D eigenvalue weighted by Crippen LogP contribution is -2.25. The van der Waals surface area contributed by atoms with E-state index in [4.69, 9.17) is 10.1 Å². The van der Waals surface area contributed by atoms with Crippen LogP contribution in [0.4, 0.5) is 17.6 Å². The van der Waals surface area contributed by atoms with Crippen LogP contribution in [0.5, 0.6) is 0 Å². The zero-order valence-corrected chi connectivity index (χ0v) is 16.1. The first kappa shape index (κ1) is 16.6. The summed E-state index contributed by atoms with van der Waals surface area (Å²) in [4.78, 5) is 11.8. The Hall–Kier alpha value is -3.35. The van der Waals surface area contributed by atoms with E-state index in [1.165, 1.54) is 18.4 Å². The fourth-order valence-electron chi connectivity index (χ4n) is 4.26. The summed E-state index contributed by atoms with van der Waals surface area (Å²) in [6.45, 7) is 0.960. The maximum Gasteiger partial charge on any atom is 0.246 e. The van der Waals surface area contributed by atoms with Crippen LogP contribution >= 0.6 is 0 Å². The highest BCUT2D eigenvalue weighted by Gasteiger charge is 2.29. The molecule has 1 aliphatic carbocycles. The number of rotatable bonds is 5. The fourth-order valence-corrected chi connectivity index (χ4v) is 4.26. The number of imidazole rings is 1. The minimum atomic E-state index is 0.311. The zero-order chi connectivity index (χ0) is 19.2. The second kappa shape index (κ2) is 6.62. The number of fused-ring (bicyclic) bond motifs is 1. The van der Waals surface area contributed by atoms with Crippen molar-refractivity contribution in [3.05, 3.63) is 66.7 Å². The van der Waals surface area contributed by atoms with Crippen LogP contribution in [0.1, 0.15) is 43.3 Å². The average molecular weight is 385 g/mol. The first-order valence-electron chi connectivity index (χ1n) is 10.3. The first-order valence-corrected chi connectivity index (χ1v) is 10.3. The third-order valence-electron chi connectivity index (χ3n) is 5.89. The Balaban J connectivity index is 1.36. The monoisotopic (exact) mass is 385 g/mol. The number of anilines is 3. The standard InChI is InChI=1S/C22H23N7/c1-2-6-16(7-3-1)18-8-4-12-28(18)22-25-21(19-9-5-13-29(19)26-22)24-20-14-27(15-23-20)17-10-11-17/h1-3,5-7,9,13-15,17-18H,4,8,10-12H2,(H,24,25,26). The van der Waals surface area contributed by atoms with Crippen LogP contribution in [0.3, 0.4) is 0 Å². The Bertz CT molecular complexity index is 1140. The van der Waals surface area contributed by atoms with Gasteiger partial charge in [-0.25, -0.2) is 9.50 Å². The van der Waals surface area contributed by atoms with Crippen LogP contribution in [0.2, 0.25) is 0 Å². The Kier molecular flexibility index (Phi) is 3.78. The second-order valence-corrected chi connectivity index (χ2v) is 7.92. The number of aromatic nitrogens is 5. The van der Waals surface area contributed by atoms with Crippen molar-refractivity contribution < 1.29 is 0 Å². The largest absolute Gasteiger partial charge is 0.332 e. The van der Waals surface area contributed by atoms with Crippen molar-refractivity contribution in [3.8, 4) is 0 Å². The molecule has 1 aliphatic heterocycles. The SMILES string of the molecule is c1ccc(C2CCCN2c2nc(Nc3cn(C4CC4)cn3)c3cccn3n2)cc1. The minimum Gasteiger partial charge on any atom is -0.332 e. The van der Waals surface area contributed by atoms with E-state index in [9.17, 15) is 0 Å². The topological polar surface area (TPSA) is 63.3 Å². The molecule has 2 fully saturated rings. The van der Waals surface area contributed by atoms with E-state index in [-0.39, 0.29) is 0 Å². The fraction of sp³-hybridized carbons (Fsp3) is 0.318. The van der Waals surface area contributed by atoms with Gasteiger partial charge in [0.25, 0.3) is 0 Å². The molecule has 7 nitrogen and oxygen atoms in total. The Morgan fingerprint density at radius 3 is 2.76 bits per heavy atom. The highest BCUT2D eigenvalue weighted by molar-refractivity contribution is 5.73. The predicted molar refractivity (Wildman–Crippen MR) is 113 cm³/mol. The Labute approximate surface area is 169 Å². The molecule has 3 aromatic heterocycles. The average Bonchev–Trinajstić information content (AvgIpc) is 3.14. The molecule has 1 aromatic carbocycles. The lowest BCUT2D eigenvalue weighted by atomic mass is 10.1. The summed E-state index contributed by atoms with van der Waals surface area (Å²) >= 11 is 0. The molecule has 1 saturated heterocycles. The van der Waals surface area contributed by atoms with Gasteiger partial charge < -0.3 is 14.8 Å². The van der Waals surface area contributed by atoms with Gasteiger partial charge >= 0.3 is 0 Å². The van der Waals surface area contributed by atoms with Crippen LogP contribution in [0.15, 0.2) is 61.2 Å². The van der Waals surface area contributed by atoms with Gasteiger partial charge in [-0.1, -0.05) is 30.3 Å². The number of nitrogens with zero attached hydrogens (tertiary/aromatic N) is 6. The van der Waals surface area contributed by atoms with E-state index in [0.717, 1.165) is 42.5 Å². The van der Waals surface area contributed by atoms with Crippen LogP contribution in [0.25, 0.3) is 5.52 Å². The number of benzene rings is 1. The summed E-state index contributed by atoms with van der Waals surface area (Å²) < 4.78 is 4.09. The summed E-state index contributed by atoms with van der Waals surface area (Å²) in [6.07, 6.45) is 10.7. The molecule has 4 heterocycles. The van der Waals surface area contributed by atoms with Crippen molar-refractivity contribution >= 4 is 23.1 Å². The molecule has 1 saturated carbocycles. The van der Waals surface area contributed by atoms with E-state index in [2.05, 4.69) is 56.3 Å². The number of nitrogens with one attached hydrogen (secondary N) is 1. The van der Waals surface area contributed by atoms with Gasteiger partial charge in [-0.3, -0.25) is 0 Å². The Morgan fingerprint density at radius 1 is 1.00 bits per heavy atom. The minimum absolute atomic E-state index is 0.311. The maximum absolute atomic E-state index is 4.93. The number of hydrogen-bond donors (Lipinski definition) is 1. The predicted octanol–water partition coefficient (Wildman–Crippen LogP) is 4.35. The van der Waals surface area contributed by atoms with E-state index < -0.39 is 0 Å². The van der Waals surface area contributed by atoms with Crippen molar-refractivity contribution in [2.45, 2.75) is 37.8 Å². The van der Waals surface area contributed by atoms with Crippen molar-refractivity contribution in [2.75, 3.05) is 16.8 Å². The van der Waals surface area contributed by atoms with Crippen LogP contribution in [-0.4, -0.2) is 30.7 Å². The molecule has 7 heteroatoms. The van der Waals surface area contributed by atoms with Crippen molar-refractivity contribution in [1.29, 1.82) is 0 Å². The van der Waals surface area contributed by atoms with E-state index in [1.807, 2.05) is 29.2 Å². The van der Waals surface area contributed by atoms with Gasteiger partial charge in [0.1, 0.15) is 11.3 Å². The molecule has 1 N–H and O–H groups in total. The number of hydrogen-bond acceptors (Lipinski definition) is 5. The molecule has 2 aliphatic rings. The van der Waals surface area contributed by atoms with E-state index in [0.29, 0.717) is 12.1 Å². The van der Waals surface area contributed by atoms with Gasteiger partial charge in [-0.2, -0.15) is 4.98 Å². The van der Waals surface area contributed by atoms with Gasteiger partial charge in [0.15, 0.2) is 5.82 Å². The summed E-state index contributed by atoms with van der Waals surface area (Å²) in [5.74, 6) is 2.37. The third-order valence-corrected chi connectivity index (χ3v) is 5.89. The van der Waals surface area contributed by atoms with Gasteiger partial charge in [0.2, 0.25) is 5.95 Å². The van der Waals surface area contributed by atoms with Crippen molar-refractivity contribution in [1.82, 2.24) is 24.1 Å². The Morgan fingerprint density at radius 2 is 1.90 bits per heavy atom. The van der Waals surface area contributed by atoms with E-state index in [1.54, 1.807) is 0 Å². The third kappa shape index (κ3) is 3.03. The molecular formula is C22H23N7. The summed E-state index contributed by atoms with van der Waals surface area (Å²) in [7, 11) is 0. The highest BCUT2D eigenvalue weighted by Crippen LogP contribution is 2.36. The molecule has 0 spiro atoms. The zero-order valence-electron chi connectivity index (χ0n) is 16.1. The molecule has 146 valence electrons. The molecule has 1 atom stereocenters. The van der Waals surface area contributed by atoms with Crippen molar-refractivity contribution in [3.63, 3.8) is 0 Å². The molecule has 4 aromatic rings. The molecule has 29 heavy (non-hydrogen) atoms. The van der Waals surface area contributed by atoms with Gasteiger partial charge in [-0.15, -0.1) is 5.10 Å². The van der Waals surface area contributed by atoms with Crippen LogP contribution in [-0.2, 0) is 0 Å². The first-order chi connectivity index (χ1) is 14.3. The second-order valence-electron chi connectivity index (χ2n) is 7.92. The highest BCUT2D eigenvalue weighted by atomic mass is 15.4. The summed E-state index contributed by atoms with van der Waals surface area (Å²) in [5, 5.41) is 8.23. The molecule has 0 radical (unpaired) electrons. The lowest BCUT2D eigenvalue weighted by molar-refractivity contribution is 0.690. The maximum atomic E-state index is 4.93. The normalized spacial score (nSPS) is 19.2. The molecule has 0 bridgehead atoms. The smallest absolute Gasteiger partial charge is 0.246 e. The van der Waals surface area contributed by atoms with Crippen LogP contribution in [0, 0.1) is 0 Å². The molecule has 0 amide bonds. The molecular weight excluding hydrogens is 362 g/mol. The van der Waals surface area contributed by atoms with Gasteiger partial charge in [0, 0.05) is 25.0 Å². The van der Waals surface area contributed by atoms with Gasteiger partial charge in [-0.05, 0) is 43.4 Å². The van der Waals surface area contributed by atoms with Crippen molar-refractivity contribution in [2.24, 2.45) is 0 Å². The van der Waals surface area contributed by atoms with E-state index >= 15 is 0 Å². The summed E-state index contributed by atoms with van der Waals surface area (Å²) in [5.41, 5.74) is 2.27. The quantitative estimate of drug-likeness (QED) is 0.553.